The Morgan fingerprint density at radius 2 is 1.80 bits per heavy atom. The van der Waals surface area contributed by atoms with Crippen LogP contribution in [0.15, 0.2) is 0 Å². The van der Waals surface area contributed by atoms with E-state index in [4.69, 9.17) is 5.11 Å². The van der Waals surface area contributed by atoms with Gasteiger partial charge in [0.1, 0.15) is 0 Å². The van der Waals surface area contributed by atoms with Crippen molar-refractivity contribution < 1.29 is 5.11 Å². The Bertz CT molecular complexity index is 108. The maximum atomic E-state index is 8.44. The molecule has 0 heterocycles. The molecule has 0 aliphatic carbocycles. The SMILES string of the molecule is CC#CCCCCCCO. The highest BCUT2D eigenvalue weighted by Gasteiger charge is 1.85. The first-order valence-corrected chi connectivity index (χ1v) is 3.92. The second-order valence-corrected chi connectivity index (χ2v) is 2.31. The second-order valence-electron chi connectivity index (χ2n) is 2.31. The summed E-state index contributed by atoms with van der Waals surface area (Å²) in [5.74, 6) is 5.87. The van der Waals surface area contributed by atoms with E-state index < -0.39 is 0 Å². The minimum atomic E-state index is 0.333. The van der Waals surface area contributed by atoms with Crippen molar-refractivity contribution in [3.63, 3.8) is 0 Å². The summed E-state index contributed by atoms with van der Waals surface area (Å²) in [7, 11) is 0. The van der Waals surface area contributed by atoms with Crippen LogP contribution in [0.25, 0.3) is 0 Å². The molecule has 0 spiro atoms. The van der Waals surface area contributed by atoms with Crippen LogP contribution >= 0.6 is 0 Å². The molecule has 0 saturated carbocycles. The number of rotatable bonds is 5. The zero-order valence-corrected chi connectivity index (χ0v) is 6.69. The van der Waals surface area contributed by atoms with Gasteiger partial charge in [-0.3, -0.25) is 0 Å². The molecule has 1 heteroatoms. The predicted octanol–water partition coefficient (Wildman–Crippen LogP) is 1.95. The smallest absolute Gasteiger partial charge is 0.0431 e. The first-order valence-electron chi connectivity index (χ1n) is 3.92. The first kappa shape index (κ1) is 9.52. The van der Waals surface area contributed by atoms with Gasteiger partial charge in [0.25, 0.3) is 0 Å². The van der Waals surface area contributed by atoms with Crippen molar-refractivity contribution in [1.82, 2.24) is 0 Å². The van der Waals surface area contributed by atoms with Crippen molar-refractivity contribution >= 4 is 0 Å². The first-order chi connectivity index (χ1) is 4.91. The third-order valence-corrected chi connectivity index (χ3v) is 1.39. The van der Waals surface area contributed by atoms with E-state index in [2.05, 4.69) is 11.8 Å². The molecule has 0 rings (SSSR count). The van der Waals surface area contributed by atoms with Gasteiger partial charge in [0, 0.05) is 13.0 Å². The van der Waals surface area contributed by atoms with Crippen molar-refractivity contribution in [2.45, 2.75) is 39.0 Å². The van der Waals surface area contributed by atoms with Crippen LogP contribution in [0.2, 0.25) is 0 Å². The molecule has 0 aliphatic rings. The maximum Gasteiger partial charge on any atom is 0.0431 e. The number of unbranched alkanes of at least 4 members (excludes halogenated alkanes) is 4. The molecule has 58 valence electrons. The van der Waals surface area contributed by atoms with Gasteiger partial charge < -0.3 is 5.11 Å². The lowest BCUT2D eigenvalue weighted by atomic mass is 10.1. The van der Waals surface area contributed by atoms with Crippen LogP contribution in [-0.2, 0) is 0 Å². The molecule has 0 radical (unpaired) electrons. The molecule has 0 aromatic rings. The molecule has 0 bridgehead atoms. The van der Waals surface area contributed by atoms with E-state index in [1.165, 1.54) is 12.8 Å². The summed E-state index contributed by atoms with van der Waals surface area (Å²) in [6, 6.07) is 0. The third kappa shape index (κ3) is 7.52. The lowest BCUT2D eigenvalue weighted by Gasteiger charge is -1.93. The van der Waals surface area contributed by atoms with Crippen molar-refractivity contribution in [2.24, 2.45) is 0 Å². The van der Waals surface area contributed by atoms with Gasteiger partial charge in [-0.2, -0.15) is 0 Å². The van der Waals surface area contributed by atoms with E-state index in [9.17, 15) is 0 Å². The fourth-order valence-corrected chi connectivity index (χ4v) is 0.804. The van der Waals surface area contributed by atoms with Gasteiger partial charge in [0.2, 0.25) is 0 Å². The van der Waals surface area contributed by atoms with E-state index in [-0.39, 0.29) is 0 Å². The highest BCUT2D eigenvalue weighted by Crippen LogP contribution is 2.00. The average molecular weight is 140 g/mol. The van der Waals surface area contributed by atoms with Crippen LogP contribution in [-0.4, -0.2) is 11.7 Å². The molecular weight excluding hydrogens is 124 g/mol. The molecule has 0 atom stereocenters. The van der Waals surface area contributed by atoms with E-state index >= 15 is 0 Å². The number of aliphatic hydroxyl groups is 1. The fourth-order valence-electron chi connectivity index (χ4n) is 0.804. The molecule has 1 N–H and O–H groups in total. The molecule has 0 aliphatic heterocycles. The lowest BCUT2D eigenvalue weighted by Crippen LogP contribution is -1.82. The Labute approximate surface area is 63.5 Å². The van der Waals surface area contributed by atoms with Crippen LogP contribution in [0.1, 0.15) is 39.0 Å². The molecule has 0 unspecified atom stereocenters. The van der Waals surface area contributed by atoms with Crippen LogP contribution in [0.4, 0.5) is 0 Å². The van der Waals surface area contributed by atoms with Crippen molar-refractivity contribution in [2.75, 3.05) is 6.61 Å². The number of aliphatic hydroxyl groups excluding tert-OH is 1. The van der Waals surface area contributed by atoms with Crippen LogP contribution in [0.5, 0.6) is 0 Å². The molecule has 0 fully saturated rings. The zero-order chi connectivity index (χ0) is 7.66. The van der Waals surface area contributed by atoms with Crippen LogP contribution < -0.4 is 0 Å². The highest BCUT2D eigenvalue weighted by molar-refractivity contribution is 4.94. The molecule has 0 amide bonds. The Balaban J connectivity index is 2.82. The second kappa shape index (κ2) is 8.52. The van der Waals surface area contributed by atoms with Crippen molar-refractivity contribution in [3.8, 4) is 11.8 Å². The van der Waals surface area contributed by atoms with Crippen molar-refractivity contribution in [3.05, 3.63) is 0 Å². The standard InChI is InChI=1S/C9H16O/c1-2-3-4-5-6-7-8-9-10/h10H,4-9H2,1H3. The van der Waals surface area contributed by atoms with E-state index in [1.807, 2.05) is 6.92 Å². The molecule has 0 aromatic carbocycles. The summed E-state index contributed by atoms with van der Waals surface area (Å²) in [5.41, 5.74) is 0. The molecular formula is C9H16O. The van der Waals surface area contributed by atoms with Crippen LogP contribution in [0.3, 0.4) is 0 Å². The van der Waals surface area contributed by atoms with Gasteiger partial charge in [-0.25, -0.2) is 0 Å². The largest absolute Gasteiger partial charge is 0.396 e. The minimum Gasteiger partial charge on any atom is -0.396 e. The summed E-state index contributed by atoms with van der Waals surface area (Å²) in [4.78, 5) is 0. The van der Waals surface area contributed by atoms with Gasteiger partial charge in [0.05, 0.1) is 0 Å². The van der Waals surface area contributed by atoms with Gasteiger partial charge in [-0.15, -0.1) is 11.8 Å². The van der Waals surface area contributed by atoms with Crippen molar-refractivity contribution in [1.29, 1.82) is 0 Å². The Morgan fingerprint density at radius 1 is 1.10 bits per heavy atom. The molecule has 1 nitrogen and oxygen atoms in total. The summed E-state index contributed by atoms with van der Waals surface area (Å²) < 4.78 is 0. The zero-order valence-electron chi connectivity index (χ0n) is 6.69. The normalized spacial score (nSPS) is 8.60. The fraction of sp³-hybridized carbons (Fsp3) is 0.778. The Kier molecular flexibility index (Phi) is 8.11. The minimum absolute atomic E-state index is 0.333. The van der Waals surface area contributed by atoms with Crippen LogP contribution in [0, 0.1) is 11.8 Å². The lowest BCUT2D eigenvalue weighted by molar-refractivity contribution is 0.282. The van der Waals surface area contributed by atoms with Gasteiger partial charge >= 0.3 is 0 Å². The quantitative estimate of drug-likeness (QED) is 0.457. The summed E-state index contributed by atoms with van der Waals surface area (Å²) in [6.45, 7) is 2.20. The Morgan fingerprint density at radius 3 is 2.40 bits per heavy atom. The highest BCUT2D eigenvalue weighted by atomic mass is 16.2. The number of hydrogen-bond acceptors (Lipinski definition) is 1. The summed E-state index contributed by atoms with van der Waals surface area (Å²) >= 11 is 0. The summed E-state index contributed by atoms with van der Waals surface area (Å²) in [5, 5.41) is 8.44. The third-order valence-electron chi connectivity index (χ3n) is 1.39. The average Bonchev–Trinajstić information content (AvgIpc) is 1.97. The van der Waals surface area contributed by atoms with E-state index in [1.54, 1.807) is 0 Å². The monoisotopic (exact) mass is 140 g/mol. The van der Waals surface area contributed by atoms with Gasteiger partial charge in [-0.1, -0.05) is 12.8 Å². The topological polar surface area (TPSA) is 20.2 Å². The predicted molar refractivity (Wildman–Crippen MR) is 43.6 cm³/mol. The Hall–Kier alpha value is -0.480. The molecule has 10 heavy (non-hydrogen) atoms. The van der Waals surface area contributed by atoms with Gasteiger partial charge in [-0.05, 0) is 19.8 Å². The summed E-state index contributed by atoms with van der Waals surface area (Å²) in [6.07, 6.45) is 5.49. The number of hydrogen-bond donors (Lipinski definition) is 1. The van der Waals surface area contributed by atoms with E-state index in [0.29, 0.717) is 6.61 Å². The van der Waals surface area contributed by atoms with Gasteiger partial charge in [0.15, 0.2) is 0 Å². The van der Waals surface area contributed by atoms with E-state index in [0.717, 1.165) is 19.3 Å². The maximum absolute atomic E-state index is 8.44. The molecule has 0 saturated heterocycles. The molecule has 0 aromatic heterocycles.